The Kier molecular flexibility index (Phi) is 10.5. The van der Waals surface area contributed by atoms with Gasteiger partial charge in [-0.25, -0.2) is 4.79 Å². The summed E-state index contributed by atoms with van der Waals surface area (Å²) in [5.74, 6) is 1.12. The molecule has 1 unspecified atom stereocenters. The maximum absolute atomic E-state index is 12.4. The second-order valence-corrected chi connectivity index (χ2v) is 9.21. The van der Waals surface area contributed by atoms with Crippen LogP contribution in [-0.4, -0.2) is 59.0 Å². The predicted molar refractivity (Wildman–Crippen MR) is 142 cm³/mol. The van der Waals surface area contributed by atoms with Crippen LogP contribution in [0.15, 0.2) is 47.7 Å². The van der Waals surface area contributed by atoms with Crippen molar-refractivity contribution in [2.45, 2.75) is 52.3 Å². The summed E-state index contributed by atoms with van der Waals surface area (Å²) < 4.78 is 7.45. The summed E-state index contributed by atoms with van der Waals surface area (Å²) in [6.45, 7) is 9.32. The van der Waals surface area contributed by atoms with Crippen molar-refractivity contribution < 1.29 is 9.53 Å². The zero-order valence-electron chi connectivity index (χ0n) is 20.1. The number of carbonyl (C=O) groups is 1. The minimum Gasteiger partial charge on any atom is -0.444 e. The number of ether oxygens (including phenoxy) is 1. The minimum atomic E-state index is -0.470. The average Bonchev–Trinajstić information content (AvgIpc) is 3.27. The molecule has 3 rings (SSSR count). The standard InChI is InChI=1S/C24H36N6O2.HI/c1-24(2,3)32-23(31)29-13-7-9-19(17-29)15-26-22(25-4)27-16-20-10-5-6-11-21(20)18-30-14-8-12-28-30;/h5-6,8,10-12,14,19H,7,9,13,15-18H2,1-4H3,(H2,25,26,27);1H. The van der Waals surface area contributed by atoms with Gasteiger partial charge in [-0.15, -0.1) is 24.0 Å². The molecule has 0 saturated carbocycles. The molecule has 0 aliphatic carbocycles. The van der Waals surface area contributed by atoms with Gasteiger partial charge >= 0.3 is 6.09 Å². The SMILES string of the molecule is CN=C(NCc1ccccc1Cn1cccn1)NCC1CCCN(C(=O)OC(C)(C)C)C1.I. The molecule has 1 fully saturated rings. The summed E-state index contributed by atoms with van der Waals surface area (Å²) in [5.41, 5.74) is 1.96. The highest BCUT2D eigenvalue weighted by atomic mass is 127. The fourth-order valence-corrected chi connectivity index (χ4v) is 3.82. The molecule has 1 saturated heterocycles. The quantitative estimate of drug-likeness (QED) is 0.314. The highest BCUT2D eigenvalue weighted by Crippen LogP contribution is 2.19. The van der Waals surface area contributed by atoms with Crippen molar-refractivity contribution in [3.05, 3.63) is 53.9 Å². The number of guanidine groups is 1. The Morgan fingerprint density at radius 1 is 1.21 bits per heavy atom. The second-order valence-electron chi connectivity index (χ2n) is 9.21. The predicted octanol–water partition coefficient (Wildman–Crippen LogP) is 3.86. The molecule has 1 amide bonds. The van der Waals surface area contributed by atoms with E-state index in [0.29, 0.717) is 19.0 Å². The summed E-state index contributed by atoms with van der Waals surface area (Å²) in [5, 5.41) is 11.1. The van der Waals surface area contributed by atoms with Crippen molar-refractivity contribution in [3.8, 4) is 0 Å². The number of hydrogen-bond donors (Lipinski definition) is 2. The fourth-order valence-electron chi connectivity index (χ4n) is 3.82. The molecule has 2 aromatic rings. The molecule has 33 heavy (non-hydrogen) atoms. The fraction of sp³-hybridized carbons (Fsp3) is 0.542. The van der Waals surface area contributed by atoms with E-state index in [4.69, 9.17) is 4.74 Å². The van der Waals surface area contributed by atoms with Crippen LogP contribution in [0, 0.1) is 5.92 Å². The lowest BCUT2D eigenvalue weighted by atomic mass is 9.98. The number of piperidine rings is 1. The van der Waals surface area contributed by atoms with Crippen molar-refractivity contribution in [2.75, 3.05) is 26.7 Å². The molecule has 1 aliphatic rings. The molecule has 1 aromatic carbocycles. The molecule has 2 N–H and O–H groups in total. The first kappa shape index (κ1) is 26.9. The largest absolute Gasteiger partial charge is 0.444 e. The van der Waals surface area contributed by atoms with E-state index in [2.05, 4.69) is 38.9 Å². The Hall–Kier alpha value is -2.30. The molecule has 0 bridgehead atoms. The average molecular weight is 569 g/mol. The monoisotopic (exact) mass is 568 g/mol. The Morgan fingerprint density at radius 3 is 2.64 bits per heavy atom. The van der Waals surface area contributed by atoms with Crippen LogP contribution < -0.4 is 10.6 Å². The van der Waals surface area contributed by atoms with Gasteiger partial charge in [0.2, 0.25) is 0 Å². The second kappa shape index (κ2) is 12.8. The maximum Gasteiger partial charge on any atom is 0.410 e. The summed E-state index contributed by atoms with van der Waals surface area (Å²) in [6.07, 6.45) is 5.60. The lowest BCUT2D eigenvalue weighted by Gasteiger charge is -2.34. The van der Waals surface area contributed by atoms with Crippen LogP contribution in [0.25, 0.3) is 0 Å². The third-order valence-electron chi connectivity index (χ3n) is 5.41. The number of benzene rings is 1. The number of amides is 1. The molecule has 1 aliphatic heterocycles. The van der Waals surface area contributed by atoms with Gasteiger partial charge in [0, 0.05) is 45.6 Å². The molecule has 0 radical (unpaired) electrons. The number of aromatic nitrogens is 2. The van der Waals surface area contributed by atoms with Crippen LogP contribution in [0.3, 0.4) is 0 Å². The molecular weight excluding hydrogens is 531 g/mol. The molecular formula is C24H37IN6O2. The van der Waals surface area contributed by atoms with Gasteiger partial charge in [0.05, 0.1) is 6.54 Å². The number of hydrogen-bond acceptors (Lipinski definition) is 4. The van der Waals surface area contributed by atoms with Crippen LogP contribution in [0.2, 0.25) is 0 Å². The number of likely N-dealkylation sites (tertiary alicyclic amines) is 1. The van der Waals surface area contributed by atoms with Gasteiger partial charge in [-0.1, -0.05) is 24.3 Å². The molecule has 2 heterocycles. The lowest BCUT2D eigenvalue weighted by Crippen LogP contribution is -2.47. The minimum absolute atomic E-state index is 0. The van der Waals surface area contributed by atoms with Gasteiger partial charge in [-0.3, -0.25) is 9.67 Å². The molecule has 182 valence electrons. The van der Waals surface area contributed by atoms with Crippen LogP contribution in [0.5, 0.6) is 0 Å². The van der Waals surface area contributed by atoms with E-state index in [-0.39, 0.29) is 30.1 Å². The van der Waals surface area contributed by atoms with Gasteiger partial charge in [-0.2, -0.15) is 5.10 Å². The Morgan fingerprint density at radius 2 is 1.97 bits per heavy atom. The van der Waals surface area contributed by atoms with Crippen LogP contribution in [-0.2, 0) is 17.8 Å². The third-order valence-corrected chi connectivity index (χ3v) is 5.41. The van der Waals surface area contributed by atoms with Gasteiger partial charge < -0.3 is 20.3 Å². The zero-order chi connectivity index (χ0) is 23.0. The number of nitrogens with one attached hydrogen (secondary N) is 2. The Bertz CT molecular complexity index is 895. The summed E-state index contributed by atoms with van der Waals surface area (Å²) in [7, 11) is 1.78. The number of carbonyl (C=O) groups excluding carboxylic acids is 1. The summed E-state index contributed by atoms with van der Waals surface area (Å²) in [6, 6.07) is 10.3. The topological polar surface area (TPSA) is 83.8 Å². The number of nitrogens with zero attached hydrogens (tertiary/aromatic N) is 4. The summed E-state index contributed by atoms with van der Waals surface area (Å²) in [4.78, 5) is 18.6. The molecule has 9 heteroatoms. The van der Waals surface area contributed by atoms with Crippen LogP contribution in [0.4, 0.5) is 4.79 Å². The molecule has 1 atom stereocenters. The van der Waals surface area contributed by atoms with Crippen LogP contribution in [0.1, 0.15) is 44.7 Å². The van der Waals surface area contributed by atoms with E-state index < -0.39 is 5.60 Å². The summed E-state index contributed by atoms with van der Waals surface area (Å²) >= 11 is 0. The van der Waals surface area contributed by atoms with Crippen molar-refractivity contribution in [3.63, 3.8) is 0 Å². The molecule has 0 spiro atoms. The lowest BCUT2D eigenvalue weighted by molar-refractivity contribution is 0.0168. The van der Waals surface area contributed by atoms with E-state index in [1.165, 1.54) is 11.1 Å². The first-order valence-corrected chi connectivity index (χ1v) is 11.3. The smallest absolute Gasteiger partial charge is 0.410 e. The van der Waals surface area contributed by atoms with Crippen molar-refractivity contribution in [1.29, 1.82) is 0 Å². The van der Waals surface area contributed by atoms with E-state index >= 15 is 0 Å². The van der Waals surface area contributed by atoms with E-state index in [0.717, 1.165) is 38.4 Å². The highest BCUT2D eigenvalue weighted by Gasteiger charge is 2.27. The first-order valence-electron chi connectivity index (χ1n) is 11.3. The zero-order valence-corrected chi connectivity index (χ0v) is 22.4. The van der Waals surface area contributed by atoms with Crippen molar-refractivity contribution >= 4 is 36.0 Å². The van der Waals surface area contributed by atoms with E-state index in [1.807, 2.05) is 48.7 Å². The van der Waals surface area contributed by atoms with Gasteiger partial charge in [0.25, 0.3) is 0 Å². The molecule has 1 aromatic heterocycles. The van der Waals surface area contributed by atoms with Gasteiger partial charge in [0.1, 0.15) is 5.60 Å². The van der Waals surface area contributed by atoms with E-state index in [1.54, 1.807) is 13.2 Å². The van der Waals surface area contributed by atoms with Gasteiger partial charge in [0.15, 0.2) is 5.96 Å². The van der Waals surface area contributed by atoms with E-state index in [9.17, 15) is 4.79 Å². The van der Waals surface area contributed by atoms with Gasteiger partial charge in [-0.05, 0) is 56.7 Å². The van der Waals surface area contributed by atoms with Crippen molar-refractivity contribution in [1.82, 2.24) is 25.3 Å². The first-order chi connectivity index (χ1) is 15.3. The van der Waals surface area contributed by atoms with Crippen molar-refractivity contribution in [2.24, 2.45) is 10.9 Å². The highest BCUT2D eigenvalue weighted by molar-refractivity contribution is 14.0. The molecule has 8 nitrogen and oxygen atoms in total. The Balaban J connectivity index is 0.00000385. The van der Waals surface area contributed by atoms with Crippen LogP contribution >= 0.6 is 24.0 Å². The number of rotatable bonds is 6. The third kappa shape index (κ3) is 8.87. The number of aliphatic imine (C=N–C) groups is 1. The Labute approximate surface area is 214 Å². The maximum atomic E-state index is 12.4. The normalized spacial score (nSPS) is 16.7. The number of halogens is 1.